The number of hydrogen-bond donors (Lipinski definition) is 1. The fourth-order valence-corrected chi connectivity index (χ4v) is 3.04. The van der Waals surface area contributed by atoms with E-state index >= 15 is 0 Å². The van der Waals surface area contributed by atoms with Crippen molar-refractivity contribution >= 4 is 0 Å². The van der Waals surface area contributed by atoms with E-state index in [1.807, 2.05) is 0 Å². The van der Waals surface area contributed by atoms with Crippen LogP contribution in [0.3, 0.4) is 0 Å². The number of nitrogens with two attached hydrogens (primary N) is 1. The second kappa shape index (κ2) is 8.42. The lowest BCUT2D eigenvalue weighted by molar-refractivity contribution is 0.264. The van der Waals surface area contributed by atoms with Gasteiger partial charge >= 0.3 is 0 Å². The number of fused-ring (bicyclic) bond motifs is 1. The highest BCUT2D eigenvalue weighted by Crippen LogP contribution is 2.42. The molecule has 0 heterocycles. The molecule has 1 aliphatic carbocycles. The Hall–Kier alpha value is -1.22. The molecular formula is C19H31NO2. The van der Waals surface area contributed by atoms with E-state index in [1.54, 1.807) is 0 Å². The Morgan fingerprint density at radius 1 is 1.05 bits per heavy atom. The minimum Gasteiger partial charge on any atom is -0.489 e. The third kappa shape index (κ3) is 3.95. The van der Waals surface area contributed by atoms with Gasteiger partial charge in [0.1, 0.15) is 0 Å². The lowest BCUT2D eigenvalue weighted by atomic mass is 9.97. The SMILES string of the molecule is CCCOc1c(CC(N)CC)cc2c(c1OCCC)CCC2. The third-order valence-corrected chi connectivity index (χ3v) is 4.29. The molecule has 3 nitrogen and oxygen atoms in total. The van der Waals surface area contributed by atoms with Crippen LogP contribution in [0.5, 0.6) is 11.5 Å². The summed E-state index contributed by atoms with van der Waals surface area (Å²) in [4.78, 5) is 0. The minimum atomic E-state index is 0.183. The number of ether oxygens (including phenoxy) is 2. The molecule has 0 bridgehead atoms. The van der Waals surface area contributed by atoms with Crippen LogP contribution in [0, 0.1) is 0 Å². The van der Waals surface area contributed by atoms with E-state index in [9.17, 15) is 0 Å². The summed E-state index contributed by atoms with van der Waals surface area (Å²) >= 11 is 0. The van der Waals surface area contributed by atoms with E-state index in [4.69, 9.17) is 15.2 Å². The van der Waals surface area contributed by atoms with Crippen LogP contribution in [0.4, 0.5) is 0 Å². The number of hydrogen-bond acceptors (Lipinski definition) is 3. The molecule has 0 amide bonds. The number of aryl methyl sites for hydroxylation is 1. The Morgan fingerprint density at radius 2 is 1.73 bits per heavy atom. The fourth-order valence-electron chi connectivity index (χ4n) is 3.04. The van der Waals surface area contributed by atoms with Crippen molar-refractivity contribution in [2.24, 2.45) is 5.73 Å². The van der Waals surface area contributed by atoms with Gasteiger partial charge in [-0.05, 0) is 56.1 Å². The van der Waals surface area contributed by atoms with Crippen LogP contribution < -0.4 is 15.2 Å². The van der Waals surface area contributed by atoms with Crippen molar-refractivity contribution in [1.29, 1.82) is 0 Å². The Balaban J connectivity index is 2.41. The molecule has 1 aliphatic rings. The molecular weight excluding hydrogens is 274 g/mol. The van der Waals surface area contributed by atoms with Gasteiger partial charge in [-0.1, -0.05) is 26.8 Å². The van der Waals surface area contributed by atoms with E-state index in [0.717, 1.165) is 63.2 Å². The standard InChI is InChI=1S/C19H31NO2/c1-4-10-21-18-15(13-16(20)6-3)12-14-8-7-9-17(14)19(18)22-11-5-2/h12,16H,4-11,13,20H2,1-3H3. The molecule has 1 aromatic rings. The van der Waals surface area contributed by atoms with Crippen molar-refractivity contribution < 1.29 is 9.47 Å². The van der Waals surface area contributed by atoms with Gasteiger partial charge in [0, 0.05) is 11.6 Å². The molecule has 124 valence electrons. The molecule has 0 aromatic heterocycles. The van der Waals surface area contributed by atoms with Crippen molar-refractivity contribution in [3.8, 4) is 11.5 Å². The van der Waals surface area contributed by atoms with Gasteiger partial charge < -0.3 is 15.2 Å². The summed E-state index contributed by atoms with van der Waals surface area (Å²) in [5.41, 5.74) is 10.2. The zero-order chi connectivity index (χ0) is 15.9. The molecule has 0 saturated carbocycles. The average molecular weight is 305 g/mol. The molecule has 1 aromatic carbocycles. The molecule has 1 unspecified atom stereocenters. The largest absolute Gasteiger partial charge is 0.489 e. The minimum absolute atomic E-state index is 0.183. The zero-order valence-electron chi connectivity index (χ0n) is 14.4. The smallest absolute Gasteiger partial charge is 0.164 e. The van der Waals surface area contributed by atoms with Crippen molar-refractivity contribution in [2.45, 2.75) is 71.8 Å². The van der Waals surface area contributed by atoms with Crippen LogP contribution in [0.2, 0.25) is 0 Å². The van der Waals surface area contributed by atoms with E-state index in [1.165, 1.54) is 23.1 Å². The molecule has 0 fully saturated rings. The Bertz CT molecular complexity index is 485. The van der Waals surface area contributed by atoms with Crippen molar-refractivity contribution in [2.75, 3.05) is 13.2 Å². The van der Waals surface area contributed by atoms with E-state index in [2.05, 4.69) is 26.8 Å². The van der Waals surface area contributed by atoms with Gasteiger partial charge in [-0.3, -0.25) is 0 Å². The van der Waals surface area contributed by atoms with Crippen LogP contribution in [0.25, 0.3) is 0 Å². The summed E-state index contributed by atoms with van der Waals surface area (Å²) in [6.07, 6.45) is 7.34. The highest BCUT2D eigenvalue weighted by molar-refractivity contribution is 5.57. The maximum absolute atomic E-state index is 6.20. The summed E-state index contributed by atoms with van der Waals surface area (Å²) < 4.78 is 12.2. The summed E-state index contributed by atoms with van der Waals surface area (Å²) in [6.45, 7) is 7.90. The molecule has 0 radical (unpaired) electrons. The highest BCUT2D eigenvalue weighted by atomic mass is 16.5. The second-order valence-electron chi connectivity index (χ2n) is 6.25. The maximum atomic E-state index is 6.20. The van der Waals surface area contributed by atoms with Gasteiger partial charge in [0.2, 0.25) is 0 Å². The zero-order valence-corrected chi connectivity index (χ0v) is 14.4. The molecule has 0 saturated heterocycles. The fraction of sp³-hybridized carbons (Fsp3) is 0.684. The number of benzene rings is 1. The van der Waals surface area contributed by atoms with Crippen molar-refractivity contribution in [3.63, 3.8) is 0 Å². The van der Waals surface area contributed by atoms with Crippen LogP contribution in [0.15, 0.2) is 6.07 Å². The molecule has 0 aliphatic heterocycles. The summed E-state index contributed by atoms with van der Waals surface area (Å²) in [5, 5.41) is 0. The first-order chi connectivity index (χ1) is 10.7. The summed E-state index contributed by atoms with van der Waals surface area (Å²) in [5.74, 6) is 1.96. The van der Waals surface area contributed by atoms with Crippen molar-refractivity contribution in [1.82, 2.24) is 0 Å². The van der Waals surface area contributed by atoms with Gasteiger partial charge in [-0.2, -0.15) is 0 Å². The monoisotopic (exact) mass is 305 g/mol. The molecule has 22 heavy (non-hydrogen) atoms. The van der Waals surface area contributed by atoms with Gasteiger partial charge in [0.15, 0.2) is 11.5 Å². The quantitative estimate of drug-likeness (QED) is 0.749. The summed E-state index contributed by atoms with van der Waals surface area (Å²) in [6, 6.07) is 2.50. The summed E-state index contributed by atoms with van der Waals surface area (Å²) in [7, 11) is 0. The van der Waals surface area contributed by atoms with Gasteiger partial charge in [-0.25, -0.2) is 0 Å². The Labute approximate surface area is 135 Å². The van der Waals surface area contributed by atoms with E-state index in [0.29, 0.717) is 0 Å². The lowest BCUT2D eigenvalue weighted by Crippen LogP contribution is -2.22. The third-order valence-electron chi connectivity index (χ3n) is 4.29. The molecule has 2 rings (SSSR count). The van der Waals surface area contributed by atoms with Gasteiger partial charge in [0.25, 0.3) is 0 Å². The van der Waals surface area contributed by atoms with Crippen molar-refractivity contribution in [3.05, 3.63) is 22.8 Å². The second-order valence-corrected chi connectivity index (χ2v) is 6.25. The van der Waals surface area contributed by atoms with Crippen LogP contribution in [-0.2, 0) is 19.3 Å². The molecule has 0 spiro atoms. The normalized spacial score (nSPS) is 14.7. The average Bonchev–Trinajstić information content (AvgIpc) is 2.99. The molecule has 1 atom stereocenters. The van der Waals surface area contributed by atoms with E-state index < -0.39 is 0 Å². The topological polar surface area (TPSA) is 44.5 Å². The van der Waals surface area contributed by atoms with Crippen LogP contribution >= 0.6 is 0 Å². The number of rotatable bonds is 9. The molecule has 3 heteroatoms. The Kier molecular flexibility index (Phi) is 6.56. The van der Waals surface area contributed by atoms with Gasteiger partial charge in [0.05, 0.1) is 13.2 Å². The van der Waals surface area contributed by atoms with Crippen LogP contribution in [0.1, 0.15) is 63.1 Å². The first-order valence-electron chi connectivity index (χ1n) is 8.89. The highest BCUT2D eigenvalue weighted by Gasteiger charge is 2.24. The maximum Gasteiger partial charge on any atom is 0.164 e. The van der Waals surface area contributed by atoms with Gasteiger partial charge in [-0.15, -0.1) is 0 Å². The predicted molar refractivity (Wildman–Crippen MR) is 92.0 cm³/mol. The predicted octanol–water partition coefficient (Wildman–Crippen LogP) is 4.03. The van der Waals surface area contributed by atoms with E-state index in [-0.39, 0.29) is 6.04 Å². The lowest BCUT2D eigenvalue weighted by Gasteiger charge is -2.21. The van der Waals surface area contributed by atoms with Crippen LogP contribution in [-0.4, -0.2) is 19.3 Å². The molecule has 2 N–H and O–H groups in total. The first kappa shape index (κ1) is 17.1. The first-order valence-corrected chi connectivity index (χ1v) is 8.89. The Morgan fingerprint density at radius 3 is 2.36 bits per heavy atom.